The molecule has 1 aliphatic rings. The molecule has 3 N–H and O–H groups in total. The van der Waals surface area contributed by atoms with Crippen molar-refractivity contribution in [3.63, 3.8) is 0 Å². The first-order valence-electron chi connectivity index (χ1n) is 9.23. The number of hydrogen-bond acceptors (Lipinski definition) is 4. The predicted octanol–water partition coefficient (Wildman–Crippen LogP) is 2.04. The zero-order chi connectivity index (χ0) is 18.8. The van der Waals surface area contributed by atoms with Crippen LogP contribution in [0.5, 0.6) is 0 Å². The van der Waals surface area contributed by atoms with Crippen LogP contribution in [-0.2, 0) is 16.1 Å². The van der Waals surface area contributed by atoms with Gasteiger partial charge >= 0.3 is 0 Å². The van der Waals surface area contributed by atoms with Gasteiger partial charge in [0.05, 0.1) is 13.2 Å². The van der Waals surface area contributed by atoms with Crippen molar-refractivity contribution in [2.24, 2.45) is 4.99 Å². The lowest BCUT2D eigenvalue weighted by Gasteiger charge is -2.26. The number of rotatable bonds is 7. The number of halogens is 1. The molecule has 1 saturated heterocycles. The van der Waals surface area contributed by atoms with Crippen LogP contribution in [0, 0.1) is 0 Å². The molecule has 0 bridgehead atoms. The molecule has 2 rings (SSSR count). The van der Waals surface area contributed by atoms with E-state index in [2.05, 4.69) is 39.7 Å². The summed E-state index contributed by atoms with van der Waals surface area (Å²) in [6.45, 7) is 8.87. The quantitative estimate of drug-likeness (QED) is 0.311. The third kappa shape index (κ3) is 9.39. The fraction of sp³-hybridized carbons (Fsp3) is 0.579. The number of carbonyl (C=O) groups is 1. The van der Waals surface area contributed by atoms with Crippen molar-refractivity contribution >= 4 is 41.5 Å². The molecule has 1 aromatic carbocycles. The Balaban J connectivity index is 0.00000364. The Hall–Kier alpha value is -1.39. The summed E-state index contributed by atoms with van der Waals surface area (Å²) in [5.74, 6) is 0.804. The first kappa shape index (κ1) is 23.6. The Kier molecular flexibility index (Phi) is 11.3. The van der Waals surface area contributed by atoms with E-state index in [0.29, 0.717) is 19.0 Å². The highest BCUT2D eigenvalue weighted by atomic mass is 127. The largest absolute Gasteiger partial charge is 0.379 e. The molecular formula is C19H32IN5O2. The SMILES string of the molecule is CN=C(NCc1cccc(NC(=O)CCN2CCOCC2)c1)NC(C)C.I. The molecule has 1 heterocycles. The highest BCUT2D eigenvalue weighted by molar-refractivity contribution is 14.0. The van der Waals surface area contributed by atoms with Crippen LogP contribution < -0.4 is 16.0 Å². The number of nitrogens with one attached hydrogen (secondary N) is 3. The van der Waals surface area contributed by atoms with E-state index >= 15 is 0 Å². The first-order valence-corrected chi connectivity index (χ1v) is 9.23. The van der Waals surface area contributed by atoms with Crippen LogP contribution in [0.1, 0.15) is 25.8 Å². The number of anilines is 1. The Morgan fingerprint density at radius 3 is 2.70 bits per heavy atom. The molecule has 7 nitrogen and oxygen atoms in total. The summed E-state index contributed by atoms with van der Waals surface area (Å²) in [7, 11) is 1.75. The Bertz CT molecular complexity index is 604. The molecule has 1 aromatic rings. The molecule has 1 fully saturated rings. The van der Waals surface area contributed by atoms with Gasteiger partial charge in [-0.15, -0.1) is 24.0 Å². The fourth-order valence-electron chi connectivity index (χ4n) is 2.72. The van der Waals surface area contributed by atoms with Crippen LogP contribution in [-0.4, -0.2) is 62.7 Å². The summed E-state index contributed by atoms with van der Waals surface area (Å²) >= 11 is 0. The van der Waals surface area contributed by atoms with E-state index in [0.717, 1.165) is 50.1 Å². The van der Waals surface area contributed by atoms with Gasteiger partial charge in [0, 0.05) is 51.4 Å². The number of benzene rings is 1. The highest BCUT2D eigenvalue weighted by Gasteiger charge is 2.12. The van der Waals surface area contributed by atoms with Crippen molar-refractivity contribution in [2.45, 2.75) is 32.9 Å². The van der Waals surface area contributed by atoms with Crippen molar-refractivity contribution < 1.29 is 9.53 Å². The number of morpholine rings is 1. The van der Waals surface area contributed by atoms with Gasteiger partial charge in [0.15, 0.2) is 5.96 Å². The minimum absolute atomic E-state index is 0. The van der Waals surface area contributed by atoms with E-state index in [1.807, 2.05) is 24.3 Å². The van der Waals surface area contributed by atoms with E-state index in [1.54, 1.807) is 7.05 Å². The van der Waals surface area contributed by atoms with Gasteiger partial charge in [-0.1, -0.05) is 12.1 Å². The zero-order valence-electron chi connectivity index (χ0n) is 16.5. The van der Waals surface area contributed by atoms with Crippen LogP contribution in [0.25, 0.3) is 0 Å². The van der Waals surface area contributed by atoms with Gasteiger partial charge < -0.3 is 20.7 Å². The number of nitrogens with zero attached hydrogens (tertiary/aromatic N) is 2. The summed E-state index contributed by atoms with van der Waals surface area (Å²) in [6.07, 6.45) is 0.493. The van der Waals surface area contributed by atoms with Gasteiger partial charge in [-0.2, -0.15) is 0 Å². The molecule has 0 atom stereocenters. The Morgan fingerprint density at radius 1 is 1.30 bits per heavy atom. The minimum atomic E-state index is 0. The van der Waals surface area contributed by atoms with Gasteiger partial charge in [-0.3, -0.25) is 14.7 Å². The molecule has 8 heteroatoms. The third-order valence-corrected chi connectivity index (χ3v) is 4.08. The number of amides is 1. The molecule has 27 heavy (non-hydrogen) atoms. The van der Waals surface area contributed by atoms with E-state index < -0.39 is 0 Å². The highest BCUT2D eigenvalue weighted by Crippen LogP contribution is 2.11. The summed E-state index contributed by atoms with van der Waals surface area (Å²) < 4.78 is 5.32. The molecule has 0 unspecified atom stereocenters. The summed E-state index contributed by atoms with van der Waals surface area (Å²) in [5.41, 5.74) is 1.91. The summed E-state index contributed by atoms with van der Waals surface area (Å²) in [6, 6.07) is 8.20. The van der Waals surface area contributed by atoms with Gasteiger partial charge in [-0.25, -0.2) is 0 Å². The molecule has 1 aliphatic heterocycles. The second-order valence-electron chi connectivity index (χ2n) is 6.68. The van der Waals surface area contributed by atoms with Crippen LogP contribution in [0.3, 0.4) is 0 Å². The van der Waals surface area contributed by atoms with E-state index in [1.165, 1.54) is 0 Å². The monoisotopic (exact) mass is 489 g/mol. The average Bonchev–Trinajstić information content (AvgIpc) is 2.64. The van der Waals surface area contributed by atoms with Crippen LogP contribution >= 0.6 is 24.0 Å². The van der Waals surface area contributed by atoms with Crippen molar-refractivity contribution in [3.8, 4) is 0 Å². The lowest BCUT2D eigenvalue weighted by atomic mass is 10.2. The molecule has 0 radical (unpaired) electrons. The molecule has 1 amide bonds. The number of aliphatic imine (C=N–C) groups is 1. The second-order valence-corrected chi connectivity index (χ2v) is 6.68. The Labute approximate surface area is 179 Å². The predicted molar refractivity (Wildman–Crippen MR) is 121 cm³/mol. The average molecular weight is 489 g/mol. The van der Waals surface area contributed by atoms with E-state index in [-0.39, 0.29) is 29.9 Å². The molecule has 0 saturated carbocycles. The zero-order valence-corrected chi connectivity index (χ0v) is 18.8. The van der Waals surface area contributed by atoms with Crippen molar-refractivity contribution in [1.29, 1.82) is 0 Å². The maximum atomic E-state index is 12.2. The smallest absolute Gasteiger partial charge is 0.225 e. The van der Waals surface area contributed by atoms with Gasteiger partial charge in [-0.05, 0) is 31.5 Å². The second kappa shape index (κ2) is 12.9. The molecule has 152 valence electrons. The first-order chi connectivity index (χ1) is 12.6. The number of hydrogen-bond donors (Lipinski definition) is 3. The van der Waals surface area contributed by atoms with E-state index in [9.17, 15) is 4.79 Å². The fourth-order valence-corrected chi connectivity index (χ4v) is 2.72. The molecule has 0 aromatic heterocycles. The van der Waals surface area contributed by atoms with Gasteiger partial charge in [0.1, 0.15) is 0 Å². The summed E-state index contributed by atoms with van der Waals surface area (Å²) in [5, 5.41) is 9.51. The van der Waals surface area contributed by atoms with Crippen LogP contribution in [0.4, 0.5) is 5.69 Å². The topological polar surface area (TPSA) is 78.0 Å². The van der Waals surface area contributed by atoms with E-state index in [4.69, 9.17) is 4.74 Å². The lowest BCUT2D eigenvalue weighted by molar-refractivity contribution is -0.116. The Morgan fingerprint density at radius 2 is 2.04 bits per heavy atom. The minimum Gasteiger partial charge on any atom is -0.379 e. The van der Waals surface area contributed by atoms with Gasteiger partial charge in [0.25, 0.3) is 0 Å². The lowest BCUT2D eigenvalue weighted by Crippen LogP contribution is -2.40. The van der Waals surface area contributed by atoms with Crippen molar-refractivity contribution in [1.82, 2.24) is 15.5 Å². The van der Waals surface area contributed by atoms with Gasteiger partial charge in [0.2, 0.25) is 5.91 Å². The maximum absolute atomic E-state index is 12.2. The van der Waals surface area contributed by atoms with Crippen LogP contribution in [0.15, 0.2) is 29.3 Å². The number of ether oxygens (including phenoxy) is 1. The molecular weight excluding hydrogens is 457 g/mol. The molecule has 0 spiro atoms. The third-order valence-electron chi connectivity index (χ3n) is 4.08. The normalized spacial score (nSPS) is 15.2. The number of carbonyl (C=O) groups excluding carboxylic acids is 1. The molecule has 0 aliphatic carbocycles. The van der Waals surface area contributed by atoms with Crippen LogP contribution in [0.2, 0.25) is 0 Å². The summed E-state index contributed by atoms with van der Waals surface area (Å²) in [4.78, 5) is 18.6. The maximum Gasteiger partial charge on any atom is 0.225 e. The number of guanidine groups is 1. The van der Waals surface area contributed by atoms with Crippen molar-refractivity contribution in [2.75, 3.05) is 45.2 Å². The standard InChI is InChI=1S/C19H31N5O2.HI/c1-15(2)22-19(20-3)21-14-16-5-4-6-17(13-16)23-18(25)7-8-24-9-11-26-12-10-24;/h4-6,13,15H,7-12,14H2,1-3H3,(H,23,25)(H2,20,21,22);1H. The van der Waals surface area contributed by atoms with Crippen molar-refractivity contribution in [3.05, 3.63) is 29.8 Å².